The number of nitrogens with zero attached hydrogens (tertiary/aromatic N) is 1. The van der Waals surface area contributed by atoms with E-state index >= 15 is 0 Å². The maximum atomic E-state index is 12.6. The van der Waals surface area contributed by atoms with Gasteiger partial charge in [0.2, 0.25) is 17.7 Å². The van der Waals surface area contributed by atoms with Gasteiger partial charge in [-0.05, 0) is 44.0 Å². The highest BCUT2D eigenvalue weighted by atomic mass is 16.5. The third kappa shape index (κ3) is 4.32. The van der Waals surface area contributed by atoms with Crippen molar-refractivity contribution in [3.63, 3.8) is 0 Å². The van der Waals surface area contributed by atoms with E-state index in [1.807, 2.05) is 12.2 Å². The lowest BCUT2D eigenvalue weighted by molar-refractivity contribution is -0.157. The van der Waals surface area contributed by atoms with Gasteiger partial charge in [-0.3, -0.25) is 24.1 Å². The molecule has 1 heterocycles. The molecule has 3 rings (SSSR count). The van der Waals surface area contributed by atoms with Crippen LogP contribution in [0.1, 0.15) is 43.5 Å². The van der Waals surface area contributed by atoms with Crippen LogP contribution in [-0.4, -0.2) is 47.0 Å². The van der Waals surface area contributed by atoms with Crippen molar-refractivity contribution >= 4 is 35.2 Å². The molecule has 1 N–H and O–H groups in total. The summed E-state index contributed by atoms with van der Waals surface area (Å²) in [5.41, 5.74) is 0.876. The average Bonchev–Trinajstić information content (AvgIpc) is 3.02. The van der Waals surface area contributed by atoms with Crippen molar-refractivity contribution in [2.45, 2.75) is 39.2 Å². The number of benzene rings is 1. The van der Waals surface area contributed by atoms with E-state index in [0.29, 0.717) is 30.5 Å². The van der Waals surface area contributed by atoms with E-state index in [2.05, 4.69) is 5.32 Å². The van der Waals surface area contributed by atoms with Crippen LogP contribution in [0.15, 0.2) is 36.4 Å². The Hall–Kier alpha value is -3.29. The lowest BCUT2D eigenvalue weighted by atomic mass is 9.85. The second-order valence-corrected chi connectivity index (χ2v) is 7.39. The third-order valence-corrected chi connectivity index (χ3v) is 5.43. The standard InChI is InChI=1S/C22H24N2O6/c1-3-19(26)23-15-10-8-14(9-11-15)18(25)12-30-22(29)13(2)24-20(27)16-6-4-5-7-17(16)21(24)28/h4-5,8-11,13,16-17H,3,6-7,12H2,1-2H3,(H,23,26)/t13-,16-,17+/m0/s1. The Morgan fingerprint density at radius 3 is 2.17 bits per heavy atom. The first-order valence-electron chi connectivity index (χ1n) is 9.95. The molecule has 0 unspecified atom stereocenters. The number of ether oxygens (including phenoxy) is 1. The van der Waals surface area contributed by atoms with Crippen molar-refractivity contribution in [2.24, 2.45) is 11.8 Å². The minimum absolute atomic E-state index is 0.140. The van der Waals surface area contributed by atoms with Crippen molar-refractivity contribution < 1.29 is 28.7 Å². The Kier molecular flexibility index (Phi) is 6.44. The van der Waals surface area contributed by atoms with E-state index in [9.17, 15) is 24.0 Å². The smallest absolute Gasteiger partial charge is 0.329 e. The monoisotopic (exact) mass is 412 g/mol. The van der Waals surface area contributed by atoms with Crippen LogP contribution in [0.5, 0.6) is 0 Å². The number of carbonyl (C=O) groups excluding carboxylic acids is 5. The van der Waals surface area contributed by atoms with Crippen LogP contribution in [0.2, 0.25) is 0 Å². The Morgan fingerprint density at radius 1 is 1.07 bits per heavy atom. The zero-order valence-corrected chi connectivity index (χ0v) is 16.9. The molecule has 2 aliphatic rings. The van der Waals surface area contributed by atoms with E-state index < -0.39 is 36.2 Å². The number of anilines is 1. The molecule has 0 bridgehead atoms. The van der Waals surface area contributed by atoms with Gasteiger partial charge in [0, 0.05) is 17.7 Å². The van der Waals surface area contributed by atoms with Crippen molar-refractivity contribution in [1.82, 2.24) is 4.90 Å². The van der Waals surface area contributed by atoms with Crippen molar-refractivity contribution in [3.8, 4) is 0 Å². The number of carbonyl (C=O) groups is 5. The molecule has 1 fully saturated rings. The predicted octanol–water partition coefficient (Wildman–Crippen LogP) is 2.10. The average molecular weight is 412 g/mol. The quantitative estimate of drug-likeness (QED) is 0.318. The fourth-order valence-electron chi connectivity index (χ4n) is 3.64. The summed E-state index contributed by atoms with van der Waals surface area (Å²) < 4.78 is 5.07. The van der Waals surface area contributed by atoms with Crippen LogP contribution < -0.4 is 5.32 Å². The highest BCUT2D eigenvalue weighted by Crippen LogP contribution is 2.36. The Labute approximate surface area is 174 Å². The predicted molar refractivity (Wildman–Crippen MR) is 107 cm³/mol. The van der Waals surface area contributed by atoms with Gasteiger partial charge >= 0.3 is 5.97 Å². The summed E-state index contributed by atoms with van der Waals surface area (Å²) in [5.74, 6) is -2.95. The summed E-state index contributed by atoms with van der Waals surface area (Å²) in [5, 5.41) is 2.67. The zero-order valence-electron chi connectivity index (χ0n) is 16.9. The molecule has 0 aromatic heterocycles. The molecule has 1 saturated heterocycles. The van der Waals surface area contributed by atoms with Crippen LogP contribution >= 0.6 is 0 Å². The number of rotatable bonds is 7. The van der Waals surface area contributed by atoms with Crippen molar-refractivity contribution in [3.05, 3.63) is 42.0 Å². The molecule has 1 aromatic rings. The molecule has 3 amide bonds. The number of Topliss-reactive ketones (excluding diaryl/α,β-unsaturated/α-hetero) is 1. The number of likely N-dealkylation sites (tertiary alicyclic amines) is 1. The second-order valence-electron chi connectivity index (χ2n) is 7.39. The number of imide groups is 1. The first kappa shape index (κ1) is 21.4. The molecule has 8 nitrogen and oxygen atoms in total. The molecule has 1 aliphatic heterocycles. The van der Waals surface area contributed by atoms with E-state index in [4.69, 9.17) is 4.74 Å². The highest BCUT2D eigenvalue weighted by molar-refractivity contribution is 6.08. The number of esters is 1. The van der Waals surface area contributed by atoms with E-state index in [1.54, 1.807) is 19.1 Å². The van der Waals surface area contributed by atoms with Crippen LogP contribution in [0.25, 0.3) is 0 Å². The maximum Gasteiger partial charge on any atom is 0.329 e. The summed E-state index contributed by atoms with van der Waals surface area (Å²) >= 11 is 0. The highest BCUT2D eigenvalue weighted by Gasteiger charge is 2.50. The zero-order chi connectivity index (χ0) is 21.8. The number of amides is 3. The van der Waals surface area contributed by atoms with Gasteiger partial charge in [0.05, 0.1) is 11.8 Å². The normalized spacial score (nSPS) is 21.2. The Balaban J connectivity index is 1.56. The maximum absolute atomic E-state index is 12.6. The molecule has 3 atom stereocenters. The number of hydrogen-bond acceptors (Lipinski definition) is 6. The largest absolute Gasteiger partial charge is 0.456 e. The molecular formula is C22H24N2O6. The first-order chi connectivity index (χ1) is 14.3. The van der Waals surface area contributed by atoms with Gasteiger partial charge in [0.25, 0.3) is 0 Å². The Morgan fingerprint density at radius 2 is 1.63 bits per heavy atom. The lowest BCUT2D eigenvalue weighted by Crippen LogP contribution is -2.44. The van der Waals surface area contributed by atoms with Gasteiger partial charge in [0.15, 0.2) is 12.4 Å². The van der Waals surface area contributed by atoms with Gasteiger partial charge in [-0.1, -0.05) is 19.1 Å². The summed E-state index contributed by atoms with van der Waals surface area (Å²) in [4.78, 5) is 62.1. The summed E-state index contributed by atoms with van der Waals surface area (Å²) in [6.45, 7) is 2.66. The summed E-state index contributed by atoms with van der Waals surface area (Å²) in [7, 11) is 0. The fourth-order valence-corrected chi connectivity index (χ4v) is 3.64. The molecular weight excluding hydrogens is 388 g/mol. The SMILES string of the molecule is CCC(=O)Nc1ccc(C(=O)COC(=O)[C@H](C)N2C(=O)[C@H]3CC=CC[C@H]3C2=O)cc1. The van der Waals surface area contributed by atoms with Crippen molar-refractivity contribution in [1.29, 1.82) is 0 Å². The minimum Gasteiger partial charge on any atom is -0.456 e. The third-order valence-electron chi connectivity index (χ3n) is 5.43. The minimum atomic E-state index is -1.09. The van der Waals surface area contributed by atoms with Gasteiger partial charge in [0.1, 0.15) is 6.04 Å². The topological polar surface area (TPSA) is 110 Å². The van der Waals surface area contributed by atoms with Crippen LogP contribution in [-0.2, 0) is 23.9 Å². The molecule has 8 heteroatoms. The summed E-state index contributed by atoms with van der Waals surface area (Å²) in [6.07, 6.45) is 5.06. The number of fused-ring (bicyclic) bond motifs is 1. The molecule has 0 spiro atoms. The van der Waals surface area contributed by atoms with Crippen LogP contribution in [0, 0.1) is 11.8 Å². The fraction of sp³-hybridized carbons (Fsp3) is 0.409. The van der Waals surface area contributed by atoms with Crippen LogP contribution in [0.4, 0.5) is 5.69 Å². The molecule has 0 radical (unpaired) electrons. The first-order valence-corrected chi connectivity index (χ1v) is 9.95. The molecule has 1 aromatic carbocycles. The lowest BCUT2D eigenvalue weighted by Gasteiger charge is -2.21. The second kappa shape index (κ2) is 9.02. The van der Waals surface area contributed by atoms with Crippen LogP contribution in [0.3, 0.4) is 0 Å². The van der Waals surface area contributed by atoms with Crippen molar-refractivity contribution in [2.75, 3.05) is 11.9 Å². The number of hydrogen-bond donors (Lipinski definition) is 1. The molecule has 30 heavy (non-hydrogen) atoms. The van der Waals surface area contributed by atoms with Gasteiger partial charge in [-0.15, -0.1) is 0 Å². The van der Waals surface area contributed by atoms with E-state index in [1.165, 1.54) is 19.1 Å². The molecule has 0 saturated carbocycles. The number of nitrogens with one attached hydrogen (secondary N) is 1. The van der Waals surface area contributed by atoms with E-state index in [-0.39, 0.29) is 17.7 Å². The molecule has 158 valence electrons. The molecule has 1 aliphatic carbocycles. The van der Waals surface area contributed by atoms with Gasteiger partial charge < -0.3 is 10.1 Å². The number of ketones is 1. The summed E-state index contributed by atoms with van der Waals surface area (Å²) in [6, 6.07) is 5.13. The van der Waals surface area contributed by atoms with Gasteiger partial charge in [-0.2, -0.15) is 0 Å². The Bertz CT molecular complexity index is 879. The van der Waals surface area contributed by atoms with Gasteiger partial charge in [-0.25, -0.2) is 4.79 Å². The number of allylic oxidation sites excluding steroid dienone is 2. The van der Waals surface area contributed by atoms with E-state index in [0.717, 1.165) is 4.90 Å².